The summed E-state index contributed by atoms with van der Waals surface area (Å²) in [6.45, 7) is 9.39. The lowest BCUT2D eigenvalue weighted by Crippen LogP contribution is -2.15. The molecule has 0 unspecified atom stereocenters. The van der Waals surface area contributed by atoms with Crippen LogP contribution >= 0.6 is 0 Å². The van der Waals surface area contributed by atoms with Crippen LogP contribution < -0.4 is 4.90 Å². The van der Waals surface area contributed by atoms with E-state index in [2.05, 4.69) is 221 Å². The number of rotatable bonds is 5. The molecule has 0 amide bonds. The number of hydrogen-bond acceptors (Lipinski definition) is 2. The molecule has 1 aromatic heterocycles. The van der Waals surface area contributed by atoms with Gasteiger partial charge in [-0.15, -0.1) is 0 Å². The zero-order valence-electron chi connectivity index (χ0n) is 34.3. The zero-order chi connectivity index (χ0) is 40.3. The van der Waals surface area contributed by atoms with E-state index in [1.54, 1.807) is 0 Å². The van der Waals surface area contributed by atoms with Gasteiger partial charge in [-0.1, -0.05) is 173 Å². The third kappa shape index (κ3) is 4.94. The van der Waals surface area contributed by atoms with Crippen molar-refractivity contribution >= 4 is 49.8 Å². The lowest BCUT2D eigenvalue weighted by Gasteiger charge is -2.27. The highest BCUT2D eigenvalue weighted by Crippen LogP contribution is 2.53. The molecule has 10 aromatic rings. The monoisotopic (exact) mass is 769 g/mol. The van der Waals surface area contributed by atoms with Crippen molar-refractivity contribution in [1.82, 2.24) is 0 Å². The fraction of sp³-hybridized carbons (Fsp3) is 0.103. The van der Waals surface area contributed by atoms with Gasteiger partial charge in [-0.2, -0.15) is 0 Å². The molecule has 0 N–H and O–H groups in total. The summed E-state index contributed by atoms with van der Waals surface area (Å²) < 4.78 is 6.75. The van der Waals surface area contributed by atoms with E-state index in [1.165, 1.54) is 61.0 Å². The molecule has 2 heteroatoms. The Morgan fingerprint density at radius 3 is 1.63 bits per heavy atom. The first-order valence-electron chi connectivity index (χ1n) is 21.1. The fourth-order valence-corrected chi connectivity index (χ4v) is 10.6. The topological polar surface area (TPSA) is 16.4 Å². The molecule has 0 bridgehead atoms. The van der Waals surface area contributed by atoms with Crippen molar-refractivity contribution < 1.29 is 4.42 Å². The second-order valence-electron chi connectivity index (χ2n) is 17.7. The Balaban J connectivity index is 0.986. The number of furan rings is 1. The van der Waals surface area contributed by atoms with Crippen LogP contribution in [0.25, 0.3) is 77.2 Å². The Kier molecular flexibility index (Phi) is 7.36. The number of para-hydroxylation sites is 1. The molecule has 60 heavy (non-hydrogen) atoms. The van der Waals surface area contributed by atoms with E-state index in [1.807, 2.05) is 0 Å². The Bertz CT molecular complexity index is 3360. The molecular weight excluding hydrogens is 727 g/mol. The first-order valence-corrected chi connectivity index (χ1v) is 21.1. The molecule has 0 fully saturated rings. The average molecular weight is 770 g/mol. The van der Waals surface area contributed by atoms with E-state index in [0.717, 1.165) is 55.5 Å². The molecule has 2 aliphatic carbocycles. The van der Waals surface area contributed by atoms with Crippen LogP contribution in [-0.4, -0.2) is 0 Å². The van der Waals surface area contributed by atoms with Crippen molar-refractivity contribution in [3.63, 3.8) is 0 Å². The minimum atomic E-state index is -0.0638. The molecule has 286 valence electrons. The van der Waals surface area contributed by atoms with Crippen molar-refractivity contribution in [3.05, 3.63) is 210 Å². The van der Waals surface area contributed by atoms with E-state index in [0.29, 0.717) is 0 Å². The summed E-state index contributed by atoms with van der Waals surface area (Å²) in [7, 11) is 0. The minimum Gasteiger partial charge on any atom is -0.455 e. The third-order valence-electron chi connectivity index (χ3n) is 13.7. The highest BCUT2D eigenvalue weighted by atomic mass is 16.3. The normalized spacial score (nSPS) is 14.3. The van der Waals surface area contributed by atoms with Crippen molar-refractivity contribution in [2.75, 3.05) is 4.90 Å². The quantitative estimate of drug-likeness (QED) is 0.173. The minimum absolute atomic E-state index is 0.0457. The average Bonchev–Trinajstić information content (AvgIpc) is 3.87. The lowest BCUT2D eigenvalue weighted by atomic mass is 9.82. The van der Waals surface area contributed by atoms with Gasteiger partial charge in [0.25, 0.3) is 0 Å². The summed E-state index contributed by atoms with van der Waals surface area (Å²) in [6, 6.07) is 69.2. The summed E-state index contributed by atoms with van der Waals surface area (Å²) >= 11 is 0. The van der Waals surface area contributed by atoms with Gasteiger partial charge in [-0.25, -0.2) is 0 Å². The van der Waals surface area contributed by atoms with E-state index in [4.69, 9.17) is 4.42 Å². The summed E-state index contributed by atoms with van der Waals surface area (Å²) in [4.78, 5) is 2.41. The largest absolute Gasteiger partial charge is 0.455 e. The molecule has 0 saturated carbocycles. The Morgan fingerprint density at radius 1 is 0.350 bits per heavy atom. The maximum absolute atomic E-state index is 6.75. The third-order valence-corrected chi connectivity index (χ3v) is 13.7. The standard InChI is InChI=1S/C58H43NO/c1-57(2)50-20-9-7-15-45(50)49-35-41(32-34-52(49)57)59(39-28-23-37(24-29-39)42-17-12-22-53-54(42)48-16-8-10-21-51(48)58(53,3)4)40-30-25-38(26-31-40)44-18-11-19-46-47-33-27-36-13-5-6-14-43(36)56(47)60-55(44)46/h5-35H,1-4H3. The second-order valence-corrected chi connectivity index (χ2v) is 17.7. The molecule has 0 spiro atoms. The van der Waals surface area contributed by atoms with Crippen molar-refractivity contribution in [2.45, 2.75) is 38.5 Å². The highest BCUT2D eigenvalue weighted by molar-refractivity contribution is 6.17. The van der Waals surface area contributed by atoms with Gasteiger partial charge in [-0.3, -0.25) is 0 Å². The summed E-state index contributed by atoms with van der Waals surface area (Å²) in [5.41, 5.74) is 20.6. The molecule has 12 rings (SSSR count). The number of hydrogen-bond donors (Lipinski definition) is 0. The highest BCUT2D eigenvalue weighted by Gasteiger charge is 2.37. The van der Waals surface area contributed by atoms with Gasteiger partial charge in [0.2, 0.25) is 0 Å². The van der Waals surface area contributed by atoms with Gasteiger partial charge < -0.3 is 9.32 Å². The number of benzene rings is 9. The van der Waals surface area contributed by atoms with E-state index < -0.39 is 0 Å². The molecule has 2 aliphatic rings. The van der Waals surface area contributed by atoms with Gasteiger partial charge >= 0.3 is 0 Å². The van der Waals surface area contributed by atoms with Gasteiger partial charge in [0, 0.05) is 49.6 Å². The second kappa shape index (κ2) is 12.7. The Hall–Kier alpha value is -7.16. The summed E-state index contributed by atoms with van der Waals surface area (Å²) in [5.74, 6) is 0. The lowest BCUT2D eigenvalue weighted by molar-refractivity contribution is 0.660. The predicted molar refractivity (Wildman–Crippen MR) is 252 cm³/mol. The van der Waals surface area contributed by atoms with Crippen LogP contribution in [-0.2, 0) is 10.8 Å². The van der Waals surface area contributed by atoms with Crippen LogP contribution in [0.3, 0.4) is 0 Å². The van der Waals surface area contributed by atoms with Crippen molar-refractivity contribution in [3.8, 4) is 44.5 Å². The van der Waals surface area contributed by atoms with Gasteiger partial charge in [0.15, 0.2) is 0 Å². The summed E-state index contributed by atoms with van der Waals surface area (Å²) in [6.07, 6.45) is 0. The summed E-state index contributed by atoms with van der Waals surface area (Å²) in [5, 5.41) is 4.60. The molecule has 0 atom stereocenters. The van der Waals surface area contributed by atoms with E-state index in [-0.39, 0.29) is 10.8 Å². The first kappa shape index (κ1) is 34.8. The van der Waals surface area contributed by atoms with Gasteiger partial charge in [0.05, 0.1) is 0 Å². The van der Waals surface area contributed by atoms with E-state index in [9.17, 15) is 0 Å². The molecule has 0 aliphatic heterocycles. The fourth-order valence-electron chi connectivity index (χ4n) is 10.6. The number of nitrogens with zero attached hydrogens (tertiary/aromatic N) is 1. The maximum Gasteiger partial charge on any atom is 0.143 e. The predicted octanol–water partition coefficient (Wildman–Crippen LogP) is 16.2. The molecule has 9 aromatic carbocycles. The number of anilines is 3. The Labute approximate surface area is 351 Å². The van der Waals surface area contributed by atoms with Crippen LogP contribution in [0.2, 0.25) is 0 Å². The molecule has 0 saturated heterocycles. The van der Waals surface area contributed by atoms with Crippen LogP contribution in [0.15, 0.2) is 192 Å². The van der Waals surface area contributed by atoms with E-state index >= 15 is 0 Å². The smallest absolute Gasteiger partial charge is 0.143 e. The molecule has 0 radical (unpaired) electrons. The van der Waals surface area contributed by atoms with Crippen molar-refractivity contribution in [1.29, 1.82) is 0 Å². The Morgan fingerprint density at radius 2 is 0.867 bits per heavy atom. The van der Waals surface area contributed by atoms with Gasteiger partial charge in [-0.05, 0) is 109 Å². The maximum atomic E-state index is 6.75. The SMILES string of the molecule is CC1(C)c2ccccc2-c2cc(N(c3ccc(-c4cccc5c4-c4ccccc4C5(C)C)cc3)c3ccc(-c4cccc5c4oc4c6ccccc6ccc54)cc3)ccc21. The molecular formula is C58H43NO. The van der Waals surface area contributed by atoms with Crippen LogP contribution in [0.5, 0.6) is 0 Å². The van der Waals surface area contributed by atoms with Crippen LogP contribution in [0.1, 0.15) is 49.9 Å². The first-order chi connectivity index (χ1) is 29.3. The van der Waals surface area contributed by atoms with Crippen LogP contribution in [0, 0.1) is 0 Å². The molecule has 2 nitrogen and oxygen atoms in total. The number of fused-ring (bicyclic) bond motifs is 11. The van der Waals surface area contributed by atoms with Gasteiger partial charge in [0.1, 0.15) is 11.2 Å². The van der Waals surface area contributed by atoms with Crippen molar-refractivity contribution in [2.24, 2.45) is 0 Å². The zero-order valence-corrected chi connectivity index (χ0v) is 34.3. The molecule has 1 heterocycles. The van der Waals surface area contributed by atoms with Crippen LogP contribution in [0.4, 0.5) is 17.1 Å².